The smallest absolute Gasteiger partial charge is 0.152 e. The minimum absolute atomic E-state index is 0.205. The Bertz CT molecular complexity index is 634. The van der Waals surface area contributed by atoms with E-state index in [0.29, 0.717) is 6.42 Å². The van der Waals surface area contributed by atoms with Crippen molar-refractivity contribution in [2.75, 3.05) is 44.2 Å². The van der Waals surface area contributed by atoms with E-state index in [1.165, 1.54) is 18.5 Å². The van der Waals surface area contributed by atoms with Gasteiger partial charge in [0.25, 0.3) is 0 Å². The maximum Gasteiger partial charge on any atom is 0.152 e. The van der Waals surface area contributed by atoms with Gasteiger partial charge in [0.15, 0.2) is 9.84 Å². The number of rotatable bonds is 5. The summed E-state index contributed by atoms with van der Waals surface area (Å²) in [5, 5.41) is 4.46. The molecule has 1 aromatic rings. The highest BCUT2D eigenvalue weighted by Gasteiger charge is 2.40. The van der Waals surface area contributed by atoms with Crippen molar-refractivity contribution >= 4 is 9.84 Å². The first kappa shape index (κ1) is 16.9. The van der Waals surface area contributed by atoms with Gasteiger partial charge in [-0.15, -0.1) is 0 Å². The van der Waals surface area contributed by atoms with E-state index in [1.54, 1.807) is 0 Å². The van der Waals surface area contributed by atoms with Crippen LogP contribution in [0.15, 0.2) is 12.4 Å². The van der Waals surface area contributed by atoms with Gasteiger partial charge in [-0.3, -0.25) is 9.58 Å². The third-order valence-corrected chi connectivity index (χ3v) is 6.97. The fraction of sp³-hybridized carbons (Fsp3) is 0.812. The zero-order chi connectivity index (χ0) is 16.5. The van der Waals surface area contributed by atoms with Crippen LogP contribution in [0.5, 0.6) is 0 Å². The molecule has 0 amide bonds. The van der Waals surface area contributed by atoms with Crippen molar-refractivity contribution in [3.63, 3.8) is 0 Å². The summed E-state index contributed by atoms with van der Waals surface area (Å²) in [4.78, 5) is 4.98. The first-order valence-electron chi connectivity index (χ1n) is 8.59. The van der Waals surface area contributed by atoms with E-state index in [4.69, 9.17) is 0 Å². The molecule has 0 spiro atoms. The molecule has 1 atom stereocenters. The maximum absolute atomic E-state index is 11.8. The third-order valence-electron chi connectivity index (χ3n) is 5.08. The Morgan fingerprint density at radius 1 is 1.22 bits per heavy atom. The Hall–Kier alpha value is -0.920. The van der Waals surface area contributed by atoms with Crippen molar-refractivity contribution in [3.8, 4) is 0 Å². The minimum Gasteiger partial charge on any atom is -0.301 e. The molecule has 0 radical (unpaired) electrons. The highest BCUT2D eigenvalue weighted by Crippen LogP contribution is 2.30. The fourth-order valence-corrected chi connectivity index (χ4v) is 5.78. The number of nitrogens with zero attached hydrogens (tertiary/aromatic N) is 4. The lowest BCUT2D eigenvalue weighted by molar-refractivity contribution is 0.127. The van der Waals surface area contributed by atoms with Crippen LogP contribution in [0.1, 0.15) is 32.3 Å². The molecule has 130 valence electrons. The van der Waals surface area contributed by atoms with Crippen LogP contribution in [0, 0.1) is 0 Å². The zero-order valence-corrected chi connectivity index (χ0v) is 15.1. The van der Waals surface area contributed by atoms with Gasteiger partial charge in [0.2, 0.25) is 0 Å². The van der Waals surface area contributed by atoms with Crippen molar-refractivity contribution in [3.05, 3.63) is 18.0 Å². The second-order valence-electron chi connectivity index (χ2n) is 7.25. The van der Waals surface area contributed by atoms with Crippen LogP contribution < -0.4 is 0 Å². The summed E-state index contributed by atoms with van der Waals surface area (Å²) in [6.07, 6.45) is 5.81. The normalized spacial score (nSPS) is 29.1. The van der Waals surface area contributed by atoms with Crippen LogP contribution in [-0.2, 0) is 21.9 Å². The maximum atomic E-state index is 11.8. The molecular weight excluding hydrogens is 312 g/mol. The molecule has 0 unspecified atom stereocenters. The lowest BCUT2D eigenvalue weighted by Crippen LogP contribution is -2.45. The molecule has 0 saturated carbocycles. The molecule has 1 aromatic heterocycles. The lowest BCUT2D eigenvalue weighted by atomic mass is 10.0. The first-order chi connectivity index (χ1) is 10.9. The molecule has 0 aliphatic carbocycles. The largest absolute Gasteiger partial charge is 0.301 e. The first-order valence-corrected chi connectivity index (χ1v) is 10.4. The molecule has 2 fully saturated rings. The molecule has 23 heavy (non-hydrogen) atoms. The van der Waals surface area contributed by atoms with E-state index in [0.717, 1.165) is 32.7 Å². The van der Waals surface area contributed by atoms with E-state index in [-0.39, 0.29) is 17.0 Å². The summed E-state index contributed by atoms with van der Waals surface area (Å²) in [6, 6.07) is 0. The molecule has 2 aliphatic rings. The third kappa shape index (κ3) is 3.95. The topological polar surface area (TPSA) is 58.4 Å². The Balaban J connectivity index is 1.58. The Kier molecular flexibility index (Phi) is 4.80. The van der Waals surface area contributed by atoms with E-state index in [9.17, 15) is 8.42 Å². The van der Waals surface area contributed by atoms with Gasteiger partial charge in [0.1, 0.15) is 0 Å². The highest BCUT2D eigenvalue weighted by atomic mass is 32.2. The average Bonchev–Trinajstić information content (AvgIpc) is 3.07. The number of aromatic nitrogens is 2. The van der Waals surface area contributed by atoms with Gasteiger partial charge in [0, 0.05) is 44.5 Å². The average molecular weight is 340 g/mol. The zero-order valence-electron chi connectivity index (χ0n) is 14.2. The summed E-state index contributed by atoms with van der Waals surface area (Å²) in [7, 11) is -2.91. The van der Waals surface area contributed by atoms with Gasteiger partial charge in [-0.25, -0.2) is 8.42 Å². The summed E-state index contributed by atoms with van der Waals surface area (Å²) < 4.78 is 25.4. The van der Waals surface area contributed by atoms with Crippen molar-refractivity contribution in [1.82, 2.24) is 19.6 Å². The van der Waals surface area contributed by atoms with Crippen LogP contribution >= 0.6 is 0 Å². The number of sulfone groups is 1. The molecule has 3 heterocycles. The van der Waals surface area contributed by atoms with Crippen LogP contribution in [0.4, 0.5) is 0 Å². The number of piperazine rings is 1. The summed E-state index contributed by atoms with van der Waals surface area (Å²) in [5.41, 5.74) is 0.802. The predicted octanol–water partition coefficient (Wildman–Crippen LogP) is 0.944. The number of hydrogen-bond acceptors (Lipinski definition) is 5. The van der Waals surface area contributed by atoms with Crippen molar-refractivity contribution in [1.29, 1.82) is 0 Å². The molecule has 2 aliphatic heterocycles. The van der Waals surface area contributed by atoms with Crippen LogP contribution in [0.3, 0.4) is 0 Å². The van der Waals surface area contributed by atoms with Crippen molar-refractivity contribution in [2.45, 2.75) is 38.8 Å². The molecular formula is C16H28N4O2S. The van der Waals surface area contributed by atoms with Crippen LogP contribution in [0.25, 0.3) is 0 Å². The minimum atomic E-state index is -2.91. The summed E-state index contributed by atoms with van der Waals surface area (Å²) in [6.45, 7) is 10.8. The van der Waals surface area contributed by atoms with Gasteiger partial charge in [-0.2, -0.15) is 5.10 Å². The molecule has 0 aromatic carbocycles. The summed E-state index contributed by atoms with van der Waals surface area (Å²) in [5.74, 6) is 0.481. The monoisotopic (exact) mass is 340 g/mol. The summed E-state index contributed by atoms with van der Waals surface area (Å²) >= 11 is 0. The quantitative estimate of drug-likeness (QED) is 0.799. The SMILES string of the molecule is CCCN1CCN(Cc2cnn([C@@]3(C)CCS(=O)(=O)C3)c2)CC1. The molecule has 0 N–H and O–H groups in total. The lowest BCUT2D eigenvalue weighted by Gasteiger charge is -2.34. The van der Waals surface area contributed by atoms with E-state index in [2.05, 4.69) is 21.8 Å². The van der Waals surface area contributed by atoms with E-state index >= 15 is 0 Å². The van der Waals surface area contributed by atoms with Crippen LogP contribution in [-0.4, -0.2) is 72.2 Å². The van der Waals surface area contributed by atoms with E-state index in [1.807, 2.05) is 24.0 Å². The van der Waals surface area contributed by atoms with Gasteiger partial charge in [-0.1, -0.05) is 6.92 Å². The Morgan fingerprint density at radius 3 is 2.52 bits per heavy atom. The van der Waals surface area contributed by atoms with Crippen LogP contribution in [0.2, 0.25) is 0 Å². The van der Waals surface area contributed by atoms with Gasteiger partial charge in [-0.05, 0) is 26.3 Å². The fourth-order valence-electron chi connectivity index (χ4n) is 3.66. The molecule has 7 heteroatoms. The van der Waals surface area contributed by atoms with Gasteiger partial charge in [0.05, 0.1) is 23.2 Å². The van der Waals surface area contributed by atoms with Gasteiger partial charge >= 0.3 is 0 Å². The van der Waals surface area contributed by atoms with Gasteiger partial charge < -0.3 is 4.90 Å². The molecule has 3 rings (SSSR count). The second kappa shape index (κ2) is 6.53. The van der Waals surface area contributed by atoms with Crippen molar-refractivity contribution in [2.24, 2.45) is 0 Å². The second-order valence-corrected chi connectivity index (χ2v) is 9.43. The standard InChI is InChI=1S/C16H28N4O2S/c1-3-5-18-6-8-19(9-7-18)12-15-11-17-20(13-15)16(2)4-10-23(21,22)14-16/h11,13H,3-10,12,14H2,1-2H3/t16-/m0/s1. The molecule has 2 saturated heterocycles. The molecule has 6 nitrogen and oxygen atoms in total. The predicted molar refractivity (Wildman–Crippen MR) is 91.2 cm³/mol. The Labute approximate surface area is 139 Å². The molecule has 0 bridgehead atoms. The Morgan fingerprint density at radius 2 is 1.91 bits per heavy atom. The van der Waals surface area contributed by atoms with E-state index < -0.39 is 9.84 Å². The number of hydrogen-bond donors (Lipinski definition) is 0. The highest BCUT2D eigenvalue weighted by molar-refractivity contribution is 7.91. The van der Waals surface area contributed by atoms with Crippen molar-refractivity contribution < 1.29 is 8.42 Å².